The lowest BCUT2D eigenvalue weighted by Crippen LogP contribution is -2.58. The molecule has 9 heteroatoms. The van der Waals surface area contributed by atoms with Crippen LogP contribution in [0.15, 0.2) is 22.9 Å². The molecule has 0 saturated carbocycles. The third-order valence-corrected chi connectivity index (χ3v) is 4.10. The fourth-order valence-corrected chi connectivity index (χ4v) is 2.81. The smallest absolute Gasteiger partial charge is 0.328 e. The monoisotopic (exact) mass is 345 g/mol. The number of anilines is 1. The van der Waals surface area contributed by atoms with Gasteiger partial charge in [-0.1, -0.05) is 6.92 Å². The predicted molar refractivity (Wildman–Crippen MR) is 87.3 cm³/mol. The lowest BCUT2D eigenvalue weighted by atomic mass is 10.1. The van der Waals surface area contributed by atoms with Gasteiger partial charge in [-0.2, -0.15) is 0 Å². The van der Waals surface area contributed by atoms with Crippen LogP contribution in [0.3, 0.4) is 0 Å². The van der Waals surface area contributed by atoms with Crippen LogP contribution in [0.25, 0.3) is 0 Å². The molecule has 3 heterocycles. The summed E-state index contributed by atoms with van der Waals surface area (Å²) in [6.45, 7) is 4.33. The van der Waals surface area contributed by atoms with Crippen LogP contribution in [0, 0.1) is 6.92 Å². The van der Waals surface area contributed by atoms with E-state index in [2.05, 4.69) is 15.0 Å². The first kappa shape index (κ1) is 16.9. The summed E-state index contributed by atoms with van der Waals surface area (Å²) in [5.41, 5.74) is 0.472. The highest BCUT2D eigenvalue weighted by Crippen LogP contribution is 2.20. The number of carbonyl (C=O) groups is 2. The van der Waals surface area contributed by atoms with Crippen LogP contribution < -0.4 is 4.90 Å². The van der Waals surface area contributed by atoms with Crippen molar-refractivity contribution in [1.29, 1.82) is 0 Å². The van der Waals surface area contributed by atoms with Gasteiger partial charge in [0.1, 0.15) is 6.04 Å². The van der Waals surface area contributed by atoms with Gasteiger partial charge in [-0.25, -0.2) is 19.7 Å². The lowest BCUT2D eigenvalue weighted by molar-refractivity contribution is -0.142. The fraction of sp³-hybridized carbons (Fsp3) is 0.438. The minimum atomic E-state index is -1.08. The molecule has 1 saturated heterocycles. The van der Waals surface area contributed by atoms with E-state index in [1.165, 1.54) is 4.90 Å². The number of oxazole rings is 1. The standard InChI is InChI=1S/C16H19N5O4/c1-3-12-19-10(2)13(25-12)14(22)21-8-7-20(9-11(21)15(23)24)16-17-5-4-6-18-16/h4-6,11H,3,7-9H2,1-2H3,(H,23,24)/t11-/m0/s1. The molecule has 9 nitrogen and oxygen atoms in total. The van der Waals surface area contributed by atoms with Gasteiger partial charge < -0.3 is 19.3 Å². The number of hydrogen-bond donors (Lipinski definition) is 1. The maximum absolute atomic E-state index is 12.8. The minimum Gasteiger partial charge on any atom is -0.480 e. The minimum absolute atomic E-state index is 0.104. The van der Waals surface area contributed by atoms with Crippen LogP contribution >= 0.6 is 0 Å². The topological polar surface area (TPSA) is 113 Å². The Hall–Kier alpha value is -2.97. The van der Waals surface area contributed by atoms with Gasteiger partial charge in [0.15, 0.2) is 5.89 Å². The van der Waals surface area contributed by atoms with Gasteiger partial charge in [0.2, 0.25) is 11.7 Å². The van der Waals surface area contributed by atoms with Crippen LogP contribution in [0.4, 0.5) is 5.95 Å². The Bertz CT molecular complexity index is 776. The second-order valence-electron chi connectivity index (χ2n) is 5.72. The van der Waals surface area contributed by atoms with Crippen LogP contribution in [-0.2, 0) is 11.2 Å². The molecule has 0 unspecified atom stereocenters. The Morgan fingerprint density at radius 1 is 1.32 bits per heavy atom. The molecular formula is C16H19N5O4. The summed E-state index contributed by atoms with van der Waals surface area (Å²) in [5, 5.41) is 9.58. The van der Waals surface area contributed by atoms with E-state index in [1.54, 1.807) is 30.3 Å². The summed E-state index contributed by atoms with van der Waals surface area (Å²) >= 11 is 0. The molecule has 0 aromatic carbocycles. The van der Waals surface area contributed by atoms with Crippen molar-refractivity contribution in [2.45, 2.75) is 26.3 Å². The van der Waals surface area contributed by atoms with Crippen LogP contribution in [0.2, 0.25) is 0 Å². The summed E-state index contributed by atoms with van der Waals surface area (Å²) in [6.07, 6.45) is 3.76. The molecule has 2 aromatic heterocycles. The van der Waals surface area contributed by atoms with E-state index in [4.69, 9.17) is 4.42 Å². The molecule has 3 rings (SSSR count). The number of aromatic nitrogens is 3. The summed E-state index contributed by atoms with van der Waals surface area (Å²) in [4.78, 5) is 40.0. The van der Waals surface area contributed by atoms with Crippen LogP contribution in [0.1, 0.15) is 29.1 Å². The zero-order chi connectivity index (χ0) is 18.0. The third kappa shape index (κ3) is 3.30. The van der Waals surface area contributed by atoms with E-state index in [-0.39, 0.29) is 18.8 Å². The van der Waals surface area contributed by atoms with E-state index >= 15 is 0 Å². The fourth-order valence-electron chi connectivity index (χ4n) is 2.81. The molecule has 0 aliphatic carbocycles. The van der Waals surface area contributed by atoms with Gasteiger partial charge >= 0.3 is 5.97 Å². The van der Waals surface area contributed by atoms with Gasteiger partial charge in [-0.05, 0) is 13.0 Å². The maximum atomic E-state index is 12.8. The molecular weight excluding hydrogens is 326 g/mol. The Kier molecular flexibility index (Phi) is 4.64. The van der Waals surface area contributed by atoms with E-state index in [0.29, 0.717) is 30.5 Å². The molecule has 0 radical (unpaired) electrons. The number of piperazine rings is 1. The lowest BCUT2D eigenvalue weighted by Gasteiger charge is -2.38. The molecule has 1 N–H and O–H groups in total. The van der Waals surface area contributed by atoms with Gasteiger partial charge in [0.25, 0.3) is 5.91 Å². The average Bonchev–Trinajstić information content (AvgIpc) is 3.02. The number of carbonyl (C=O) groups excluding carboxylic acids is 1. The van der Waals surface area contributed by atoms with E-state index in [1.807, 2.05) is 6.92 Å². The first-order chi connectivity index (χ1) is 12.0. The molecule has 1 atom stereocenters. The van der Waals surface area contributed by atoms with Gasteiger partial charge in [-0.15, -0.1) is 0 Å². The van der Waals surface area contributed by atoms with E-state index < -0.39 is 17.9 Å². The highest BCUT2D eigenvalue weighted by atomic mass is 16.4. The molecule has 0 bridgehead atoms. The highest BCUT2D eigenvalue weighted by Gasteiger charge is 2.38. The van der Waals surface area contributed by atoms with Crippen molar-refractivity contribution < 1.29 is 19.1 Å². The zero-order valence-corrected chi connectivity index (χ0v) is 14.0. The molecule has 132 valence electrons. The van der Waals surface area contributed by atoms with Gasteiger partial charge in [0.05, 0.1) is 12.2 Å². The number of nitrogens with zero attached hydrogens (tertiary/aromatic N) is 5. The molecule has 1 amide bonds. The third-order valence-electron chi connectivity index (χ3n) is 4.10. The number of hydrogen-bond acceptors (Lipinski definition) is 7. The second kappa shape index (κ2) is 6.88. The van der Waals surface area contributed by atoms with Crippen molar-refractivity contribution >= 4 is 17.8 Å². The quantitative estimate of drug-likeness (QED) is 0.864. The zero-order valence-electron chi connectivity index (χ0n) is 14.0. The highest BCUT2D eigenvalue weighted by molar-refractivity contribution is 5.95. The summed E-state index contributed by atoms with van der Waals surface area (Å²) in [7, 11) is 0. The number of aryl methyl sites for hydroxylation is 2. The number of carboxylic acid groups (broad SMARTS) is 1. The van der Waals surface area contributed by atoms with Gasteiger partial charge in [-0.3, -0.25) is 4.79 Å². The van der Waals surface area contributed by atoms with Crippen molar-refractivity contribution in [3.05, 3.63) is 35.8 Å². The Morgan fingerprint density at radius 3 is 2.64 bits per heavy atom. The largest absolute Gasteiger partial charge is 0.480 e. The summed E-state index contributed by atoms with van der Waals surface area (Å²) < 4.78 is 5.48. The Labute approximate surface area is 144 Å². The van der Waals surface area contributed by atoms with Crippen LogP contribution in [0.5, 0.6) is 0 Å². The molecule has 0 spiro atoms. The molecule has 1 fully saturated rings. The van der Waals surface area contributed by atoms with Crippen molar-refractivity contribution in [3.63, 3.8) is 0 Å². The SMILES string of the molecule is CCc1nc(C)c(C(=O)N2CCN(c3ncccn3)C[C@H]2C(=O)O)o1. The van der Waals surface area contributed by atoms with Gasteiger partial charge in [0, 0.05) is 31.9 Å². The number of amides is 1. The van der Waals surface area contributed by atoms with Crippen molar-refractivity contribution in [2.75, 3.05) is 24.5 Å². The molecule has 25 heavy (non-hydrogen) atoms. The maximum Gasteiger partial charge on any atom is 0.328 e. The number of aliphatic carboxylic acids is 1. The van der Waals surface area contributed by atoms with E-state index in [9.17, 15) is 14.7 Å². The summed E-state index contributed by atoms with van der Waals surface area (Å²) in [5.74, 6) is -0.519. The number of rotatable bonds is 4. The second-order valence-corrected chi connectivity index (χ2v) is 5.72. The first-order valence-electron chi connectivity index (χ1n) is 8.03. The normalized spacial score (nSPS) is 17.6. The first-order valence-corrected chi connectivity index (χ1v) is 8.03. The number of carboxylic acids is 1. The average molecular weight is 345 g/mol. The summed E-state index contributed by atoms with van der Waals surface area (Å²) in [6, 6.07) is 0.676. The van der Waals surface area contributed by atoms with Crippen molar-refractivity contribution in [3.8, 4) is 0 Å². The molecule has 1 aliphatic heterocycles. The molecule has 2 aromatic rings. The van der Waals surface area contributed by atoms with Crippen LogP contribution in [-0.4, -0.2) is 62.5 Å². The Balaban J connectivity index is 1.83. The van der Waals surface area contributed by atoms with Crippen molar-refractivity contribution in [2.24, 2.45) is 0 Å². The predicted octanol–water partition coefficient (Wildman–Crippen LogP) is 0.751. The molecule has 1 aliphatic rings. The van der Waals surface area contributed by atoms with E-state index in [0.717, 1.165) is 0 Å². The Morgan fingerprint density at radius 2 is 2.04 bits per heavy atom. The van der Waals surface area contributed by atoms with Crippen molar-refractivity contribution in [1.82, 2.24) is 19.9 Å².